The molecule has 2 nitrogen and oxygen atoms in total. The summed E-state index contributed by atoms with van der Waals surface area (Å²) in [6.45, 7) is 1.91. The van der Waals surface area contributed by atoms with Gasteiger partial charge in [-0.15, -0.1) is 0 Å². The number of hydrazine groups is 1. The molecular weight excluding hydrogens is 251 g/mol. The van der Waals surface area contributed by atoms with Gasteiger partial charge in [-0.2, -0.15) is 0 Å². The lowest BCUT2D eigenvalue weighted by atomic mass is 9.97. The van der Waals surface area contributed by atoms with Crippen LogP contribution in [0.25, 0.3) is 0 Å². The molecule has 2 aromatic carbocycles. The summed E-state index contributed by atoms with van der Waals surface area (Å²) in [5, 5.41) is 0.598. The van der Waals surface area contributed by atoms with Crippen LogP contribution in [-0.2, 0) is 0 Å². The monoisotopic (exact) mass is 264 g/mol. The normalized spacial score (nSPS) is 12.4. The van der Waals surface area contributed by atoms with E-state index in [-0.39, 0.29) is 5.82 Å². The lowest BCUT2D eigenvalue weighted by molar-refractivity contribution is 0.559. The third-order valence-corrected chi connectivity index (χ3v) is 3.05. The van der Waals surface area contributed by atoms with E-state index in [1.165, 1.54) is 6.07 Å². The fraction of sp³-hybridized carbons (Fsp3) is 0.143. The van der Waals surface area contributed by atoms with E-state index in [1.807, 2.05) is 19.1 Å². The third kappa shape index (κ3) is 2.70. The molecule has 0 radical (unpaired) electrons. The van der Waals surface area contributed by atoms with Crippen LogP contribution in [0.5, 0.6) is 0 Å². The molecule has 0 heterocycles. The van der Waals surface area contributed by atoms with Crippen LogP contribution in [-0.4, -0.2) is 0 Å². The van der Waals surface area contributed by atoms with Crippen LogP contribution in [0.2, 0.25) is 5.02 Å². The van der Waals surface area contributed by atoms with E-state index in [0.717, 1.165) is 11.1 Å². The highest BCUT2D eigenvalue weighted by molar-refractivity contribution is 6.30. The zero-order valence-electron chi connectivity index (χ0n) is 9.95. The van der Waals surface area contributed by atoms with E-state index in [9.17, 15) is 4.39 Å². The molecule has 0 aliphatic carbocycles. The summed E-state index contributed by atoms with van der Waals surface area (Å²) in [4.78, 5) is 0. The Balaban J connectivity index is 2.48. The van der Waals surface area contributed by atoms with Crippen molar-refractivity contribution < 1.29 is 4.39 Å². The Morgan fingerprint density at radius 2 is 2.00 bits per heavy atom. The van der Waals surface area contributed by atoms with Crippen molar-refractivity contribution in [1.29, 1.82) is 0 Å². The van der Waals surface area contributed by atoms with Crippen molar-refractivity contribution >= 4 is 11.6 Å². The smallest absolute Gasteiger partial charge is 0.128 e. The lowest BCUT2D eigenvalue weighted by Gasteiger charge is -2.18. The minimum atomic E-state index is -0.413. The Bertz CT molecular complexity index is 557. The van der Waals surface area contributed by atoms with E-state index in [0.29, 0.717) is 10.6 Å². The second kappa shape index (κ2) is 5.48. The van der Waals surface area contributed by atoms with Crippen LogP contribution >= 0.6 is 11.6 Å². The molecular formula is C14H14ClFN2. The van der Waals surface area contributed by atoms with Crippen LogP contribution in [0.1, 0.15) is 22.7 Å². The first-order valence-corrected chi connectivity index (χ1v) is 5.97. The van der Waals surface area contributed by atoms with Gasteiger partial charge < -0.3 is 0 Å². The maximum Gasteiger partial charge on any atom is 0.128 e. The summed E-state index contributed by atoms with van der Waals surface area (Å²) in [7, 11) is 0. The van der Waals surface area contributed by atoms with Gasteiger partial charge >= 0.3 is 0 Å². The molecule has 0 spiro atoms. The molecule has 4 heteroatoms. The summed E-state index contributed by atoms with van der Waals surface area (Å²) in [6.07, 6.45) is 0. The standard InChI is InChI=1S/C14H14ClFN2/c1-9-5-6-13(16)12(7-9)14(18-17)10-3-2-4-11(15)8-10/h2-8,14,18H,17H2,1H3. The van der Waals surface area contributed by atoms with Gasteiger partial charge in [0.1, 0.15) is 5.82 Å². The van der Waals surface area contributed by atoms with Crippen molar-refractivity contribution in [2.45, 2.75) is 13.0 Å². The van der Waals surface area contributed by atoms with Gasteiger partial charge in [0.15, 0.2) is 0 Å². The maximum absolute atomic E-state index is 13.9. The second-order valence-electron chi connectivity index (χ2n) is 4.18. The van der Waals surface area contributed by atoms with E-state index >= 15 is 0 Å². The second-order valence-corrected chi connectivity index (χ2v) is 4.62. The highest BCUT2D eigenvalue weighted by Gasteiger charge is 2.16. The van der Waals surface area contributed by atoms with Crippen molar-refractivity contribution in [3.05, 3.63) is 70.0 Å². The largest absolute Gasteiger partial charge is 0.271 e. The Hall–Kier alpha value is -1.42. The molecule has 0 fully saturated rings. The number of halogens is 2. The Kier molecular flexibility index (Phi) is 3.97. The topological polar surface area (TPSA) is 38.0 Å². The van der Waals surface area contributed by atoms with E-state index < -0.39 is 6.04 Å². The summed E-state index contributed by atoms with van der Waals surface area (Å²) in [5.74, 6) is 5.26. The quantitative estimate of drug-likeness (QED) is 0.659. The van der Waals surface area contributed by atoms with Crippen LogP contribution in [0.3, 0.4) is 0 Å². The van der Waals surface area contributed by atoms with E-state index in [2.05, 4.69) is 5.43 Å². The van der Waals surface area contributed by atoms with Crippen LogP contribution in [0, 0.1) is 12.7 Å². The third-order valence-electron chi connectivity index (χ3n) is 2.81. The predicted molar refractivity (Wildman–Crippen MR) is 71.8 cm³/mol. The van der Waals surface area contributed by atoms with Gasteiger partial charge in [0.05, 0.1) is 6.04 Å². The van der Waals surface area contributed by atoms with E-state index in [4.69, 9.17) is 17.4 Å². The number of nitrogens with one attached hydrogen (secondary N) is 1. The molecule has 2 rings (SSSR count). The van der Waals surface area contributed by atoms with Gasteiger partial charge in [-0.3, -0.25) is 5.84 Å². The van der Waals surface area contributed by atoms with Gasteiger partial charge in [0.2, 0.25) is 0 Å². The van der Waals surface area contributed by atoms with Crippen LogP contribution in [0.4, 0.5) is 4.39 Å². The van der Waals surface area contributed by atoms with Crippen LogP contribution < -0.4 is 11.3 Å². The summed E-state index contributed by atoms with van der Waals surface area (Å²) >= 11 is 5.94. The van der Waals surface area contributed by atoms with Crippen molar-refractivity contribution in [3.8, 4) is 0 Å². The number of hydrogen-bond acceptors (Lipinski definition) is 2. The summed E-state index contributed by atoms with van der Waals surface area (Å²) < 4.78 is 13.9. The molecule has 0 bridgehead atoms. The van der Waals surface area contributed by atoms with Crippen LogP contribution in [0.15, 0.2) is 42.5 Å². The number of benzene rings is 2. The minimum Gasteiger partial charge on any atom is -0.271 e. The Labute approximate surface area is 111 Å². The molecule has 0 saturated heterocycles. The number of rotatable bonds is 3. The van der Waals surface area contributed by atoms with Gasteiger partial charge in [0, 0.05) is 10.6 Å². The molecule has 18 heavy (non-hydrogen) atoms. The molecule has 1 atom stereocenters. The Morgan fingerprint density at radius 1 is 1.22 bits per heavy atom. The predicted octanol–water partition coefficient (Wildman–Crippen LogP) is 3.34. The highest BCUT2D eigenvalue weighted by atomic mass is 35.5. The summed E-state index contributed by atoms with van der Waals surface area (Å²) in [5.41, 5.74) is 4.95. The molecule has 0 amide bonds. The number of nitrogens with two attached hydrogens (primary N) is 1. The zero-order chi connectivity index (χ0) is 13.1. The molecule has 0 aliphatic rings. The van der Waals surface area contributed by atoms with Gasteiger partial charge in [-0.05, 0) is 30.7 Å². The number of hydrogen-bond donors (Lipinski definition) is 2. The molecule has 2 aromatic rings. The minimum absolute atomic E-state index is 0.288. The van der Waals surface area contributed by atoms with Crippen molar-refractivity contribution in [1.82, 2.24) is 5.43 Å². The van der Waals surface area contributed by atoms with Gasteiger partial charge in [-0.1, -0.05) is 41.4 Å². The van der Waals surface area contributed by atoms with Crippen molar-refractivity contribution in [3.63, 3.8) is 0 Å². The molecule has 3 N–H and O–H groups in total. The molecule has 0 aromatic heterocycles. The molecule has 94 valence electrons. The molecule has 1 unspecified atom stereocenters. The van der Waals surface area contributed by atoms with Gasteiger partial charge in [0.25, 0.3) is 0 Å². The Morgan fingerprint density at radius 3 is 2.67 bits per heavy atom. The van der Waals surface area contributed by atoms with Crippen molar-refractivity contribution in [2.24, 2.45) is 5.84 Å². The fourth-order valence-electron chi connectivity index (χ4n) is 1.94. The molecule has 0 saturated carbocycles. The first-order valence-electron chi connectivity index (χ1n) is 5.59. The number of aryl methyl sites for hydroxylation is 1. The highest BCUT2D eigenvalue weighted by Crippen LogP contribution is 2.26. The van der Waals surface area contributed by atoms with E-state index in [1.54, 1.807) is 24.3 Å². The first-order chi connectivity index (χ1) is 8.61. The SMILES string of the molecule is Cc1ccc(F)c(C(NN)c2cccc(Cl)c2)c1. The average Bonchev–Trinajstić information content (AvgIpc) is 2.35. The van der Waals surface area contributed by atoms with Gasteiger partial charge in [-0.25, -0.2) is 9.82 Å². The maximum atomic E-state index is 13.9. The van der Waals surface area contributed by atoms with Crippen molar-refractivity contribution in [2.75, 3.05) is 0 Å². The lowest BCUT2D eigenvalue weighted by Crippen LogP contribution is -2.29. The molecule has 0 aliphatic heterocycles. The fourth-order valence-corrected chi connectivity index (χ4v) is 2.13. The summed E-state index contributed by atoms with van der Waals surface area (Å²) in [6, 6.07) is 11.8. The zero-order valence-corrected chi connectivity index (χ0v) is 10.7. The average molecular weight is 265 g/mol. The first kappa shape index (κ1) is 13.0.